The van der Waals surface area contributed by atoms with Crippen LogP contribution in [0.25, 0.3) is 0 Å². The van der Waals surface area contributed by atoms with Gasteiger partial charge in [0.25, 0.3) is 5.69 Å². The van der Waals surface area contributed by atoms with E-state index >= 15 is 0 Å². The van der Waals surface area contributed by atoms with E-state index in [1.807, 2.05) is 0 Å². The van der Waals surface area contributed by atoms with E-state index in [1.165, 1.54) is 29.0 Å². The third-order valence-corrected chi connectivity index (χ3v) is 3.42. The fourth-order valence-corrected chi connectivity index (χ4v) is 2.32. The monoisotopic (exact) mass is 283 g/mol. The van der Waals surface area contributed by atoms with E-state index in [0.29, 0.717) is 13.1 Å². The number of amides is 1. The number of ether oxygens (including phenoxy) is 1. The first-order valence-corrected chi connectivity index (χ1v) is 6.44. The van der Waals surface area contributed by atoms with Gasteiger partial charge in [0.2, 0.25) is 0 Å². The van der Waals surface area contributed by atoms with Crippen molar-refractivity contribution in [1.82, 2.24) is 9.62 Å². The van der Waals surface area contributed by atoms with Gasteiger partial charge in [-0.05, 0) is 24.1 Å². The Morgan fingerprint density at radius 3 is 2.74 bits per heavy atom. The molecule has 0 spiro atoms. The number of nitrogens with one attached hydrogen (secondary N) is 1. The van der Waals surface area contributed by atoms with Crippen LogP contribution in [0.3, 0.4) is 0 Å². The molecule has 0 radical (unpaired) electrons. The van der Waals surface area contributed by atoms with Gasteiger partial charge in [-0.3, -0.25) is 14.8 Å². The van der Waals surface area contributed by atoms with Gasteiger partial charge in [0.05, 0.1) is 11.5 Å². The summed E-state index contributed by atoms with van der Waals surface area (Å²) in [4.78, 5) is 23.6. The Balaban J connectivity index is 1.77. The quantitative estimate of drug-likeness (QED) is 0.502. The van der Waals surface area contributed by atoms with Crippen LogP contribution in [0.2, 0.25) is 0 Å². The van der Waals surface area contributed by atoms with Gasteiger partial charge in [-0.2, -0.15) is 0 Å². The van der Waals surface area contributed by atoms with Crippen molar-refractivity contribution in [2.45, 2.75) is 11.0 Å². The van der Waals surface area contributed by atoms with Crippen LogP contribution < -0.4 is 4.72 Å². The van der Waals surface area contributed by atoms with Gasteiger partial charge < -0.3 is 9.64 Å². The van der Waals surface area contributed by atoms with E-state index in [9.17, 15) is 14.9 Å². The number of hydrogen-bond donors (Lipinski definition) is 1. The van der Waals surface area contributed by atoms with Crippen molar-refractivity contribution in [2.24, 2.45) is 0 Å². The molecule has 102 valence electrons. The van der Waals surface area contributed by atoms with E-state index in [-0.39, 0.29) is 17.9 Å². The minimum Gasteiger partial charge on any atom is -0.443 e. The lowest BCUT2D eigenvalue weighted by molar-refractivity contribution is -0.384. The van der Waals surface area contributed by atoms with Crippen molar-refractivity contribution in [1.29, 1.82) is 0 Å². The van der Waals surface area contributed by atoms with Crippen molar-refractivity contribution in [2.75, 3.05) is 20.1 Å². The molecule has 0 aromatic heterocycles. The lowest BCUT2D eigenvalue weighted by atomic mass is 10.3. The summed E-state index contributed by atoms with van der Waals surface area (Å²) in [5, 5.41) is 10.5. The zero-order valence-corrected chi connectivity index (χ0v) is 11.1. The number of nitro groups is 1. The molecule has 0 aliphatic carbocycles. The fourth-order valence-electron chi connectivity index (χ4n) is 1.61. The third kappa shape index (κ3) is 3.58. The SMILES string of the molecule is CN1C[C@H](CNSc2ccc([N+](=O)[O-])cc2)OC1=O. The van der Waals surface area contributed by atoms with E-state index in [2.05, 4.69) is 4.72 Å². The molecular weight excluding hydrogens is 270 g/mol. The molecule has 1 aliphatic heterocycles. The molecule has 0 bridgehead atoms. The molecule has 7 nitrogen and oxygen atoms in total. The Labute approximate surface area is 114 Å². The van der Waals surface area contributed by atoms with Crippen LogP contribution in [0.15, 0.2) is 29.2 Å². The van der Waals surface area contributed by atoms with Crippen LogP contribution in [-0.2, 0) is 4.74 Å². The predicted molar refractivity (Wildman–Crippen MR) is 69.9 cm³/mol. The van der Waals surface area contributed by atoms with Crippen LogP contribution in [0, 0.1) is 10.1 Å². The molecule has 0 saturated carbocycles. The second-order valence-electron chi connectivity index (χ2n) is 4.09. The first-order chi connectivity index (χ1) is 9.06. The lowest BCUT2D eigenvalue weighted by Gasteiger charge is -2.08. The molecule has 1 N–H and O–H groups in total. The molecule has 1 saturated heterocycles. The number of non-ortho nitro benzene ring substituents is 1. The minimum atomic E-state index is -0.435. The van der Waals surface area contributed by atoms with Crippen LogP contribution in [0.5, 0.6) is 0 Å². The Morgan fingerprint density at radius 2 is 2.21 bits per heavy atom. The number of carbonyl (C=O) groups excluding carboxylic acids is 1. The Hall–Kier alpha value is -1.80. The highest BCUT2D eigenvalue weighted by Gasteiger charge is 2.27. The third-order valence-electron chi connectivity index (χ3n) is 2.61. The maximum atomic E-state index is 11.1. The zero-order chi connectivity index (χ0) is 13.8. The molecular formula is C11H13N3O4S. The van der Waals surface area contributed by atoms with Crippen molar-refractivity contribution >= 4 is 23.7 Å². The molecule has 1 aromatic rings. The summed E-state index contributed by atoms with van der Waals surface area (Å²) in [6, 6.07) is 6.24. The molecule has 1 aliphatic rings. The minimum absolute atomic E-state index is 0.0655. The Bertz CT molecular complexity index is 479. The largest absolute Gasteiger partial charge is 0.443 e. The molecule has 1 fully saturated rings. The van der Waals surface area contributed by atoms with Crippen molar-refractivity contribution < 1.29 is 14.5 Å². The Morgan fingerprint density at radius 1 is 1.53 bits per heavy atom. The summed E-state index contributed by atoms with van der Waals surface area (Å²) < 4.78 is 8.16. The molecule has 1 heterocycles. The number of nitro benzene ring substituents is 1. The lowest BCUT2D eigenvalue weighted by Crippen LogP contribution is -2.26. The van der Waals surface area contributed by atoms with Crippen molar-refractivity contribution in [3.05, 3.63) is 34.4 Å². The molecule has 1 amide bonds. The summed E-state index contributed by atoms with van der Waals surface area (Å²) >= 11 is 1.35. The highest BCUT2D eigenvalue weighted by molar-refractivity contribution is 7.97. The molecule has 2 rings (SSSR count). The molecule has 19 heavy (non-hydrogen) atoms. The fraction of sp³-hybridized carbons (Fsp3) is 0.364. The van der Waals surface area contributed by atoms with Gasteiger partial charge in [0.1, 0.15) is 6.10 Å². The number of likely N-dealkylation sites (N-methyl/N-ethyl adjacent to an activating group) is 1. The van der Waals surface area contributed by atoms with Crippen molar-refractivity contribution in [3.8, 4) is 0 Å². The number of benzene rings is 1. The first-order valence-electron chi connectivity index (χ1n) is 5.62. The van der Waals surface area contributed by atoms with Crippen LogP contribution >= 0.6 is 11.9 Å². The molecule has 0 unspecified atom stereocenters. The number of rotatable bonds is 5. The maximum Gasteiger partial charge on any atom is 0.410 e. The summed E-state index contributed by atoms with van der Waals surface area (Å²) in [6.45, 7) is 1.09. The highest BCUT2D eigenvalue weighted by Crippen LogP contribution is 2.19. The van der Waals surface area contributed by atoms with E-state index < -0.39 is 4.92 Å². The number of cyclic esters (lactones) is 1. The van der Waals surface area contributed by atoms with E-state index in [1.54, 1.807) is 19.2 Å². The normalized spacial score (nSPS) is 18.5. The summed E-state index contributed by atoms with van der Waals surface area (Å²) in [7, 11) is 1.69. The summed E-state index contributed by atoms with van der Waals surface area (Å²) in [5.41, 5.74) is 0.0655. The van der Waals surface area contributed by atoms with Gasteiger partial charge in [0.15, 0.2) is 0 Å². The summed E-state index contributed by atoms with van der Waals surface area (Å²) in [6.07, 6.45) is -0.477. The van der Waals surface area contributed by atoms with Gasteiger partial charge in [0, 0.05) is 30.6 Å². The second-order valence-corrected chi connectivity index (χ2v) is 5.05. The van der Waals surface area contributed by atoms with Crippen LogP contribution in [-0.4, -0.2) is 42.2 Å². The van der Waals surface area contributed by atoms with Gasteiger partial charge in [-0.25, -0.2) is 4.79 Å². The molecule has 8 heteroatoms. The van der Waals surface area contributed by atoms with E-state index in [0.717, 1.165) is 4.90 Å². The number of hydrogen-bond acceptors (Lipinski definition) is 6. The maximum absolute atomic E-state index is 11.1. The summed E-state index contributed by atoms with van der Waals surface area (Å²) in [5.74, 6) is 0. The molecule has 1 atom stereocenters. The topological polar surface area (TPSA) is 84.7 Å². The predicted octanol–water partition coefficient (Wildman–Crippen LogP) is 1.64. The number of carbonyl (C=O) groups is 1. The number of nitrogens with zero attached hydrogens (tertiary/aromatic N) is 2. The smallest absolute Gasteiger partial charge is 0.410 e. The van der Waals surface area contributed by atoms with Crippen LogP contribution in [0.4, 0.5) is 10.5 Å². The zero-order valence-electron chi connectivity index (χ0n) is 10.2. The van der Waals surface area contributed by atoms with Crippen molar-refractivity contribution in [3.63, 3.8) is 0 Å². The van der Waals surface area contributed by atoms with Gasteiger partial charge in [-0.1, -0.05) is 0 Å². The standard InChI is InChI=1S/C11H13N3O4S/c1-13-7-9(18-11(13)15)6-12-19-10-4-2-8(3-5-10)14(16)17/h2-5,9,12H,6-7H2,1H3/t9-/m0/s1. The first kappa shape index (κ1) is 13.6. The van der Waals surface area contributed by atoms with Gasteiger partial charge >= 0.3 is 6.09 Å². The average Bonchev–Trinajstić information content (AvgIpc) is 2.69. The van der Waals surface area contributed by atoms with E-state index in [4.69, 9.17) is 4.74 Å². The van der Waals surface area contributed by atoms with Gasteiger partial charge in [-0.15, -0.1) is 0 Å². The molecule has 1 aromatic carbocycles. The average molecular weight is 283 g/mol. The Kier molecular flexibility index (Phi) is 4.23. The van der Waals surface area contributed by atoms with Crippen LogP contribution in [0.1, 0.15) is 0 Å². The second kappa shape index (κ2) is 5.89. The highest BCUT2D eigenvalue weighted by atomic mass is 32.2.